The summed E-state index contributed by atoms with van der Waals surface area (Å²) < 4.78 is 18.6. The van der Waals surface area contributed by atoms with Gasteiger partial charge in [0.05, 0.1) is 5.69 Å². The Balaban J connectivity index is 3.22. The second kappa shape index (κ2) is 4.33. The number of anilines is 1. The summed E-state index contributed by atoms with van der Waals surface area (Å²) >= 11 is 0. The van der Waals surface area contributed by atoms with Crippen molar-refractivity contribution in [3.05, 3.63) is 17.3 Å². The van der Waals surface area contributed by atoms with Crippen LogP contribution in [0.5, 0.6) is 0 Å². The average Bonchev–Trinajstić information content (AvgIpc) is 2.12. The third-order valence-corrected chi connectivity index (χ3v) is 2.32. The van der Waals surface area contributed by atoms with Gasteiger partial charge in [-0.2, -0.15) is 0 Å². The van der Waals surface area contributed by atoms with Crippen molar-refractivity contribution in [2.45, 2.75) is 33.8 Å². The molecular weight excluding hydrogens is 209 g/mol. The first-order valence-electron chi connectivity index (χ1n) is 5.09. The van der Waals surface area contributed by atoms with E-state index in [4.69, 9.17) is 10.5 Å². The van der Waals surface area contributed by atoms with Crippen LogP contribution >= 0.6 is 0 Å². The molecule has 2 N–H and O–H groups in total. The van der Waals surface area contributed by atoms with Crippen LogP contribution in [-0.2, 0) is 4.74 Å². The summed E-state index contributed by atoms with van der Waals surface area (Å²) in [4.78, 5) is 8.02. The molecular formula is C11H18FN3O. The van der Waals surface area contributed by atoms with Crippen LogP contribution in [0, 0.1) is 18.2 Å². The quantitative estimate of drug-likeness (QED) is 0.841. The number of aryl methyl sites for hydroxylation is 1. The lowest BCUT2D eigenvalue weighted by Crippen LogP contribution is -2.23. The summed E-state index contributed by atoms with van der Waals surface area (Å²) in [6, 6.07) is 0. The van der Waals surface area contributed by atoms with E-state index in [1.54, 1.807) is 14.0 Å². The van der Waals surface area contributed by atoms with Gasteiger partial charge in [0.25, 0.3) is 0 Å². The van der Waals surface area contributed by atoms with E-state index >= 15 is 0 Å². The van der Waals surface area contributed by atoms with Crippen LogP contribution in [-0.4, -0.2) is 17.1 Å². The van der Waals surface area contributed by atoms with Crippen LogP contribution in [0.25, 0.3) is 0 Å². The van der Waals surface area contributed by atoms with E-state index in [2.05, 4.69) is 9.97 Å². The highest BCUT2D eigenvalue weighted by Crippen LogP contribution is 2.34. The van der Waals surface area contributed by atoms with E-state index in [-0.39, 0.29) is 23.0 Å². The second-order valence-corrected chi connectivity index (χ2v) is 4.85. The number of nitrogen functional groups attached to an aromatic ring is 1. The number of hydrogen-bond donors (Lipinski definition) is 1. The van der Waals surface area contributed by atoms with Crippen LogP contribution in [0.1, 0.15) is 38.4 Å². The molecule has 4 nitrogen and oxygen atoms in total. The number of methoxy groups -OCH3 is 1. The van der Waals surface area contributed by atoms with Gasteiger partial charge in [0.15, 0.2) is 17.5 Å². The summed E-state index contributed by atoms with van der Waals surface area (Å²) in [5, 5.41) is 0. The molecule has 90 valence electrons. The Morgan fingerprint density at radius 1 is 1.31 bits per heavy atom. The van der Waals surface area contributed by atoms with E-state index in [1.165, 1.54) is 0 Å². The SMILES string of the molecule is COC(c1nc(C)c(F)c(N)n1)C(C)(C)C. The molecule has 0 saturated heterocycles. The molecule has 0 saturated carbocycles. The Bertz CT molecular complexity index is 364. The van der Waals surface area contributed by atoms with Crippen LogP contribution in [0.2, 0.25) is 0 Å². The topological polar surface area (TPSA) is 61.0 Å². The van der Waals surface area contributed by atoms with E-state index in [0.29, 0.717) is 5.82 Å². The van der Waals surface area contributed by atoms with Crippen molar-refractivity contribution in [1.82, 2.24) is 9.97 Å². The summed E-state index contributed by atoms with van der Waals surface area (Å²) in [6.07, 6.45) is -0.311. The highest BCUT2D eigenvalue weighted by molar-refractivity contribution is 5.32. The number of hydrogen-bond acceptors (Lipinski definition) is 4. The molecule has 16 heavy (non-hydrogen) atoms. The van der Waals surface area contributed by atoms with Crippen LogP contribution in [0.15, 0.2) is 0 Å². The first-order chi connectivity index (χ1) is 7.27. The van der Waals surface area contributed by atoms with Crippen LogP contribution in [0.4, 0.5) is 10.2 Å². The molecule has 5 heteroatoms. The zero-order valence-corrected chi connectivity index (χ0v) is 10.3. The van der Waals surface area contributed by atoms with Crippen molar-refractivity contribution >= 4 is 5.82 Å². The minimum absolute atomic E-state index is 0.131. The molecule has 0 amide bonds. The Morgan fingerprint density at radius 2 is 1.88 bits per heavy atom. The van der Waals surface area contributed by atoms with Gasteiger partial charge in [-0.1, -0.05) is 20.8 Å². The number of nitrogens with two attached hydrogens (primary N) is 1. The summed E-state index contributed by atoms with van der Waals surface area (Å²) in [5.41, 5.74) is 5.54. The monoisotopic (exact) mass is 227 g/mol. The van der Waals surface area contributed by atoms with E-state index in [0.717, 1.165) is 0 Å². The molecule has 0 fully saturated rings. The molecule has 0 aliphatic rings. The molecule has 0 bridgehead atoms. The van der Waals surface area contributed by atoms with Crippen molar-refractivity contribution in [2.24, 2.45) is 5.41 Å². The molecule has 0 aliphatic heterocycles. The normalized spacial score (nSPS) is 13.9. The van der Waals surface area contributed by atoms with Crippen LogP contribution in [0.3, 0.4) is 0 Å². The van der Waals surface area contributed by atoms with Gasteiger partial charge in [0.1, 0.15) is 6.10 Å². The highest BCUT2D eigenvalue weighted by atomic mass is 19.1. The summed E-state index contributed by atoms with van der Waals surface area (Å²) in [6.45, 7) is 7.56. The lowest BCUT2D eigenvalue weighted by molar-refractivity contribution is 0.00853. The number of aromatic nitrogens is 2. The molecule has 1 heterocycles. The summed E-state index contributed by atoms with van der Waals surface area (Å²) in [5.74, 6) is -0.271. The van der Waals surface area contributed by atoms with Crippen molar-refractivity contribution < 1.29 is 9.13 Å². The predicted octanol–water partition coefficient (Wildman–Crippen LogP) is 2.24. The van der Waals surface area contributed by atoms with Crippen molar-refractivity contribution in [1.29, 1.82) is 0 Å². The Kier molecular flexibility index (Phi) is 3.48. The van der Waals surface area contributed by atoms with E-state index in [9.17, 15) is 4.39 Å². The molecule has 1 unspecified atom stereocenters. The predicted molar refractivity (Wildman–Crippen MR) is 60.3 cm³/mol. The van der Waals surface area contributed by atoms with Gasteiger partial charge in [-0.15, -0.1) is 0 Å². The smallest absolute Gasteiger partial charge is 0.186 e. The van der Waals surface area contributed by atoms with Gasteiger partial charge in [0.2, 0.25) is 0 Å². The maximum absolute atomic E-state index is 13.3. The van der Waals surface area contributed by atoms with Crippen molar-refractivity contribution in [3.63, 3.8) is 0 Å². The average molecular weight is 227 g/mol. The minimum Gasteiger partial charge on any atom is -0.381 e. The molecule has 1 rings (SSSR count). The van der Waals surface area contributed by atoms with Crippen molar-refractivity contribution in [3.8, 4) is 0 Å². The third kappa shape index (κ3) is 2.47. The Hall–Kier alpha value is -1.23. The lowest BCUT2D eigenvalue weighted by atomic mass is 9.88. The third-order valence-electron chi connectivity index (χ3n) is 2.32. The van der Waals surface area contributed by atoms with E-state index in [1.807, 2.05) is 20.8 Å². The zero-order valence-electron chi connectivity index (χ0n) is 10.3. The van der Waals surface area contributed by atoms with Crippen molar-refractivity contribution in [2.75, 3.05) is 12.8 Å². The van der Waals surface area contributed by atoms with Gasteiger partial charge in [-0.05, 0) is 12.3 Å². The fourth-order valence-corrected chi connectivity index (χ4v) is 1.57. The maximum atomic E-state index is 13.3. The minimum atomic E-state index is -0.562. The first kappa shape index (κ1) is 12.8. The molecule has 0 aliphatic carbocycles. The Labute approximate surface area is 95.0 Å². The molecule has 1 aromatic heterocycles. The van der Waals surface area contributed by atoms with Gasteiger partial charge in [-0.25, -0.2) is 14.4 Å². The molecule has 1 atom stereocenters. The summed E-state index contributed by atoms with van der Waals surface area (Å²) in [7, 11) is 1.58. The number of nitrogens with zero attached hydrogens (tertiary/aromatic N) is 2. The van der Waals surface area contributed by atoms with Gasteiger partial charge in [-0.3, -0.25) is 0 Å². The maximum Gasteiger partial charge on any atom is 0.186 e. The van der Waals surface area contributed by atoms with Gasteiger partial charge < -0.3 is 10.5 Å². The number of ether oxygens (including phenoxy) is 1. The van der Waals surface area contributed by atoms with Gasteiger partial charge >= 0.3 is 0 Å². The number of rotatable bonds is 2. The fraction of sp³-hybridized carbons (Fsp3) is 0.636. The molecule has 0 radical (unpaired) electrons. The second-order valence-electron chi connectivity index (χ2n) is 4.85. The zero-order chi connectivity index (χ0) is 12.5. The molecule has 0 aromatic carbocycles. The van der Waals surface area contributed by atoms with E-state index < -0.39 is 5.82 Å². The Morgan fingerprint density at radius 3 is 2.25 bits per heavy atom. The first-order valence-corrected chi connectivity index (χ1v) is 5.09. The van der Waals surface area contributed by atoms with Gasteiger partial charge in [0, 0.05) is 7.11 Å². The van der Waals surface area contributed by atoms with Crippen LogP contribution < -0.4 is 5.73 Å². The lowest BCUT2D eigenvalue weighted by Gasteiger charge is -2.28. The number of halogens is 1. The fourth-order valence-electron chi connectivity index (χ4n) is 1.57. The molecule has 1 aromatic rings. The largest absolute Gasteiger partial charge is 0.381 e. The standard InChI is InChI=1S/C11H18FN3O/c1-6-7(12)9(13)15-10(14-6)8(16-5)11(2,3)4/h8H,1-5H3,(H2,13,14,15). The molecule has 0 spiro atoms. The highest BCUT2D eigenvalue weighted by Gasteiger charge is 2.29.